The molecule has 1 aromatic heterocycles. The van der Waals surface area contributed by atoms with Gasteiger partial charge in [0.1, 0.15) is 0 Å². The lowest BCUT2D eigenvalue weighted by Gasteiger charge is -2.09. The normalized spacial score (nSPS) is 10.4. The number of nitrogens with one attached hydrogen (secondary N) is 1. The molecule has 2 aromatic carbocycles. The van der Waals surface area contributed by atoms with Crippen LogP contribution >= 0.6 is 15.9 Å². The van der Waals surface area contributed by atoms with Crippen LogP contribution in [-0.2, 0) is 4.74 Å². The molecule has 0 atom stereocenters. The van der Waals surface area contributed by atoms with Gasteiger partial charge in [0.05, 0.1) is 17.9 Å². The van der Waals surface area contributed by atoms with Gasteiger partial charge >= 0.3 is 5.97 Å². The fourth-order valence-corrected chi connectivity index (χ4v) is 2.66. The van der Waals surface area contributed by atoms with E-state index in [1.54, 1.807) is 31.2 Å². The Morgan fingerprint density at radius 1 is 1.07 bits per heavy atom. The fraction of sp³-hybridized carbons (Fsp3) is 0.100. The van der Waals surface area contributed by atoms with Crippen molar-refractivity contribution >= 4 is 33.5 Å². The molecule has 0 bridgehead atoms. The zero-order valence-corrected chi connectivity index (χ0v) is 16.5. The number of carbonyl (C=O) groups is 2. The SMILES string of the molecule is CCOC(=O)c1ccc(NC(=O)c2nn(-c3ccc(Br)cc3)ccc2=O)cc1. The zero-order valence-electron chi connectivity index (χ0n) is 14.9. The monoisotopic (exact) mass is 441 g/mol. The van der Waals surface area contributed by atoms with E-state index < -0.39 is 17.3 Å². The summed E-state index contributed by atoms with van der Waals surface area (Å²) < 4.78 is 7.27. The summed E-state index contributed by atoms with van der Waals surface area (Å²) in [4.78, 5) is 36.3. The Morgan fingerprint density at radius 3 is 2.39 bits per heavy atom. The molecule has 0 aliphatic rings. The maximum Gasteiger partial charge on any atom is 0.338 e. The van der Waals surface area contributed by atoms with Gasteiger partial charge < -0.3 is 10.1 Å². The van der Waals surface area contributed by atoms with Crippen molar-refractivity contribution in [2.45, 2.75) is 6.92 Å². The number of esters is 1. The highest BCUT2D eigenvalue weighted by molar-refractivity contribution is 9.10. The number of anilines is 1. The van der Waals surface area contributed by atoms with E-state index in [-0.39, 0.29) is 12.3 Å². The molecule has 1 heterocycles. The van der Waals surface area contributed by atoms with Gasteiger partial charge in [-0.1, -0.05) is 15.9 Å². The molecular formula is C20H16BrN3O4. The summed E-state index contributed by atoms with van der Waals surface area (Å²) in [7, 11) is 0. The van der Waals surface area contributed by atoms with Crippen LogP contribution in [0.25, 0.3) is 5.69 Å². The van der Waals surface area contributed by atoms with Crippen molar-refractivity contribution < 1.29 is 14.3 Å². The lowest BCUT2D eigenvalue weighted by molar-refractivity contribution is 0.0526. The van der Waals surface area contributed by atoms with Crippen LogP contribution in [0.5, 0.6) is 0 Å². The van der Waals surface area contributed by atoms with Crippen molar-refractivity contribution in [1.82, 2.24) is 9.78 Å². The van der Waals surface area contributed by atoms with E-state index in [0.29, 0.717) is 16.9 Å². The summed E-state index contributed by atoms with van der Waals surface area (Å²) in [6, 6.07) is 14.7. The van der Waals surface area contributed by atoms with Crippen molar-refractivity contribution in [3.63, 3.8) is 0 Å². The molecule has 8 heteroatoms. The molecule has 0 radical (unpaired) electrons. The number of carbonyl (C=O) groups excluding carboxylic acids is 2. The Labute approximate surface area is 169 Å². The number of benzene rings is 2. The first-order chi connectivity index (χ1) is 13.5. The van der Waals surface area contributed by atoms with Crippen LogP contribution in [0.1, 0.15) is 27.8 Å². The second-order valence-electron chi connectivity index (χ2n) is 5.70. The topological polar surface area (TPSA) is 90.3 Å². The molecule has 28 heavy (non-hydrogen) atoms. The van der Waals surface area contributed by atoms with Gasteiger partial charge in [0.25, 0.3) is 5.91 Å². The average molecular weight is 442 g/mol. The third-order valence-electron chi connectivity index (χ3n) is 3.77. The van der Waals surface area contributed by atoms with Crippen molar-refractivity contribution in [2.24, 2.45) is 0 Å². The highest BCUT2D eigenvalue weighted by Gasteiger charge is 2.14. The first-order valence-electron chi connectivity index (χ1n) is 8.42. The van der Waals surface area contributed by atoms with Crippen LogP contribution in [0.4, 0.5) is 5.69 Å². The number of hydrogen-bond acceptors (Lipinski definition) is 5. The molecule has 0 fully saturated rings. The summed E-state index contributed by atoms with van der Waals surface area (Å²) in [5.41, 5.74) is 0.776. The van der Waals surface area contributed by atoms with Crippen LogP contribution < -0.4 is 10.7 Å². The number of nitrogens with zero attached hydrogens (tertiary/aromatic N) is 2. The van der Waals surface area contributed by atoms with Crippen molar-refractivity contribution in [2.75, 3.05) is 11.9 Å². The number of rotatable bonds is 5. The largest absolute Gasteiger partial charge is 0.462 e. The number of ether oxygens (including phenoxy) is 1. The van der Waals surface area contributed by atoms with Crippen molar-refractivity contribution in [3.8, 4) is 5.69 Å². The molecule has 3 rings (SSSR count). The average Bonchev–Trinajstić information content (AvgIpc) is 2.69. The van der Waals surface area contributed by atoms with Crippen LogP contribution in [0.3, 0.4) is 0 Å². The Bertz CT molecular complexity index is 1060. The van der Waals surface area contributed by atoms with Gasteiger partial charge in [-0.25, -0.2) is 9.48 Å². The molecule has 3 aromatic rings. The van der Waals surface area contributed by atoms with Crippen LogP contribution in [0, 0.1) is 0 Å². The first-order valence-corrected chi connectivity index (χ1v) is 9.21. The van der Waals surface area contributed by atoms with Gasteiger partial charge in [0.2, 0.25) is 5.43 Å². The molecule has 0 saturated heterocycles. The number of aromatic nitrogens is 2. The summed E-state index contributed by atoms with van der Waals surface area (Å²) in [5, 5.41) is 6.75. The molecule has 0 saturated carbocycles. The van der Waals surface area contributed by atoms with E-state index in [0.717, 1.165) is 4.47 Å². The van der Waals surface area contributed by atoms with E-state index in [9.17, 15) is 14.4 Å². The maximum atomic E-state index is 12.5. The Hall–Kier alpha value is -3.26. The van der Waals surface area contributed by atoms with Gasteiger partial charge in [-0.3, -0.25) is 9.59 Å². The second-order valence-corrected chi connectivity index (χ2v) is 6.62. The number of halogens is 1. The Kier molecular flexibility index (Phi) is 6.00. The molecule has 7 nitrogen and oxygen atoms in total. The minimum Gasteiger partial charge on any atom is -0.462 e. The van der Waals surface area contributed by atoms with E-state index >= 15 is 0 Å². The highest BCUT2D eigenvalue weighted by atomic mass is 79.9. The lowest BCUT2D eigenvalue weighted by atomic mass is 10.2. The second kappa shape index (κ2) is 8.62. The molecular weight excluding hydrogens is 426 g/mol. The molecule has 0 aliphatic heterocycles. The summed E-state index contributed by atoms with van der Waals surface area (Å²) in [6.07, 6.45) is 1.50. The Balaban J connectivity index is 1.80. The quantitative estimate of drug-likeness (QED) is 0.612. The lowest BCUT2D eigenvalue weighted by Crippen LogP contribution is -2.25. The number of amides is 1. The van der Waals surface area contributed by atoms with Crippen molar-refractivity contribution in [3.05, 3.63) is 86.7 Å². The van der Waals surface area contributed by atoms with E-state index in [1.165, 1.54) is 29.1 Å². The van der Waals surface area contributed by atoms with Gasteiger partial charge in [-0.15, -0.1) is 0 Å². The summed E-state index contributed by atoms with van der Waals surface area (Å²) >= 11 is 3.35. The smallest absolute Gasteiger partial charge is 0.338 e. The molecule has 1 N–H and O–H groups in total. The van der Waals surface area contributed by atoms with Gasteiger partial charge in [-0.2, -0.15) is 5.10 Å². The van der Waals surface area contributed by atoms with Crippen LogP contribution in [-0.4, -0.2) is 28.3 Å². The predicted octanol–water partition coefficient (Wildman–Crippen LogP) is 3.42. The fourth-order valence-electron chi connectivity index (χ4n) is 2.40. The third-order valence-corrected chi connectivity index (χ3v) is 4.30. The highest BCUT2D eigenvalue weighted by Crippen LogP contribution is 2.14. The van der Waals surface area contributed by atoms with Crippen molar-refractivity contribution in [1.29, 1.82) is 0 Å². The Morgan fingerprint density at radius 2 is 1.75 bits per heavy atom. The summed E-state index contributed by atoms with van der Waals surface area (Å²) in [5.74, 6) is -1.08. The maximum absolute atomic E-state index is 12.5. The molecule has 0 aliphatic carbocycles. The van der Waals surface area contributed by atoms with E-state index in [1.807, 2.05) is 12.1 Å². The molecule has 0 unspecified atom stereocenters. The minimum atomic E-state index is -0.639. The van der Waals surface area contributed by atoms with Gasteiger partial charge in [0.15, 0.2) is 5.69 Å². The molecule has 142 valence electrons. The number of hydrogen-bond donors (Lipinski definition) is 1. The predicted molar refractivity (Wildman–Crippen MR) is 108 cm³/mol. The molecule has 1 amide bonds. The molecule has 0 spiro atoms. The van der Waals surface area contributed by atoms with Gasteiger partial charge in [-0.05, 0) is 55.5 Å². The van der Waals surface area contributed by atoms with Crippen LogP contribution in [0.2, 0.25) is 0 Å². The standard InChI is InChI=1S/C20H16BrN3O4/c1-2-28-20(27)13-3-7-15(8-4-13)22-19(26)18-17(25)11-12-24(23-18)16-9-5-14(21)6-10-16/h3-12H,2H2,1H3,(H,22,26). The third kappa shape index (κ3) is 4.52. The van der Waals surface area contributed by atoms with E-state index in [2.05, 4.69) is 26.3 Å². The zero-order chi connectivity index (χ0) is 20.1. The van der Waals surface area contributed by atoms with Gasteiger partial charge in [0, 0.05) is 22.4 Å². The first kappa shape index (κ1) is 19.5. The summed E-state index contributed by atoms with van der Waals surface area (Å²) in [6.45, 7) is 2.00. The minimum absolute atomic E-state index is 0.236. The van der Waals surface area contributed by atoms with E-state index in [4.69, 9.17) is 4.74 Å². The van der Waals surface area contributed by atoms with Crippen LogP contribution in [0.15, 0.2) is 70.1 Å².